The topological polar surface area (TPSA) is 55.1 Å². The van der Waals surface area contributed by atoms with Gasteiger partial charge in [0.05, 0.1) is 18.4 Å². The molecule has 0 aliphatic carbocycles. The van der Waals surface area contributed by atoms with Gasteiger partial charge in [0.15, 0.2) is 10.8 Å². The first-order valence-electron chi connectivity index (χ1n) is 7.11. The number of aromatic nitrogens is 1. The molecule has 3 rings (SSSR count). The molecule has 112 valence electrons. The zero-order valence-electron chi connectivity index (χ0n) is 12.2. The van der Waals surface area contributed by atoms with E-state index in [4.69, 9.17) is 4.42 Å². The molecule has 0 radical (unpaired) electrons. The van der Waals surface area contributed by atoms with E-state index in [1.54, 1.807) is 6.26 Å². The van der Waals surface area contributed by atoms with E-state index >= 15 is 0 Å². The molecule has 0 unspecified atom stereocenters. The number of aryl methyl sites for hydroxylation is 1. The lowest BCUT2D eigenvalue weighted by Gasteiger charge is -2.04. The van der Waals surface area contributed by atoms with Crippen LogP contribution in [0.5, 0.6) is 0 Å². The van der Waals surface area contributed by atoms with E-state index in [9.17, 15) is 4.79 Å². The molecule has 5 heteroatoms. The van der Waals surface area contributed by atoms with Gasteiger partial charge in [0.25, 0.3) is 0 Å². The van der Waals surface area contributed by atoms with Crippen molar-refractivity contribution in [1.82, 2.24) is 4.98 Å². The molecule has 3 aromatic rings. The molecule has 0 saturated carbocycles. The fraction of sp³-hybridized carbons (Fsp3) is 0.176. The summed E-state index contributed by atoms with van der Waals surface area (Å²) in [5, 5.41) is 5.57. The van der Waals surface area contributed by atoms with Crippen LogP contribution in [0.1, 0.15) is 18.2 Å². The lowest BCUT2D eigenvalue weighted by atomic mass is 10.1. The van der Waals surface area contributed by atoms with Crippen LogP contribution < -0.4 is 5.32 Å². The zero-order valence-corrected chi connectivity index (χ0v) is 13.0. The van der Waals surface area contributed by atoms with Crippen molar-refractivity contribution in [3.8, 4) is 10.8 Å². The molecular weight excluding hydrogens is 296 g/mol. The lowest BCUT2D eigenvalue weighted by molar-refractivity contribution is -0.115. The van der Waals surface area contributed by atoms with Crippen LogP contribution in [0.3, 0.4) is 0 Å². The molecule has 0 atom stereocenters. The molecule has 0 fully saturated rings. The summed E-state index contributed by atoms with van der Waals surface area (Å²) in [6.45, 7) is 2.10. The van der Waals surface area contributed by atoms with Gasteiger partial charge in [0.1, 0.15) is 0 Å². The molecule has 2 aromatic heterocycles. The van der Waals surface area contributed by atoms with Crippen LogP contribution in [-0.2, 0) is 17.6 Å². The van der Waals surface area contributed by atoms with Crippen molar-refractivity contribution in [2.45, 2.75) is 19.8 Å². The minimum Gasteiger partial charge on any atom is -0.462 e. The molecule has 22 heavy (non-hydrogen) atoms. The van der Waals surface area contributed by atoms with Crippen LogP contribution in [0.25, 0.3) is 10.8 Å². The largest absolute Gasteiger partial charge is 0.462 e. The highest BCUT2D eigenvalue weighted by Gasteiger charge is 2.10. The monoisotopic (exact) mass is 312 g/mol. The highest BCUT2D eigenvalue weighted by atomic mass is 32.1. The highest BCUT2D eigenvalue weighted by molar-refractivity contribution is 7.13. The second-order valence-electron chi connectivity index (χ2n) is 4.90. The van der Waals surface area contributed by atoms with Crippen molar-refractivity contribution >= 4 is 22.9 Å². The van der Waals surface area contributed by atoms with Crippen LogP contribution >= 0.6 is 11.3 Å². The van der Waals surface area contributed by atoms with E-state index < -0.39 is 0 Å². The predicted molar refractivity (Wildman–Crippen MR) is 88.0 cm³/mol. The summed E-state index contributed by atoms with van der Waals surface area (Å²) in [6.07, 6.45) is 2.86. The van der Waals surface area contributed by atoms with Gasteiger partial charge in [-0.2, -0.15) is 0 Å². The Morgan fingerprint density at radius 2 is 2.09 bits per heavy atom. The average molecular weight is 312 g/mol. The van der Waals surface area contributed by atoms with E-state index in [-0.39, 0.29) is 12.3 Å². The number of benzene rings is 1. The molecule has 1 aromatic carbocycles. The van der Waals surface area contributed by atoms with Gasteiger partial charge in [0, 0.05) is 11.1 Å². The maximum Gasteiger partial charge on any atom is 0.230 e. The summed E-state index contributed by atoms with van der Waals surface area (Å²) in [5.74, 6) is 0.660. The van der Waals surface area contributed by atoms with E-state index in [0.29, 0.717) is 0 Å². The SMILES string of the molecule is CCc1ccc(NC(=O)Cc2csc(-c3ccco3)n2)cc1. The van der Waals surface area contributed by atoms with Crippen LogP contribution in [-0.4, -0.2) is 10.9 Å². The molecule has 4 nitrogen and oxygen atoms in total. The van der Waals surface area contributed by atoms with Gasteiger partial charge in [-0.1, -0.05) is 19.1 Å². The summed E-state index contributed by atoms with van der Waals surface area (Å²) in [6, 6.07) is 11.6. The van der Waals surface area contributed by atoms with Crippen molar-refractivity contribution in [3.05, 3.63) is 59.3 Å². The first-order valence-corrected chi connectivity index (χ1v) is 7.99. The molecule has 0 bridgehead atoms. The molecule has 0 saturated heterocycles. The van der Waals surface area contributed by atoms with Crippen molar-refractivity contribution in [2.24, 2.45) is 0 Å². The molecular formula is C17H16N2O2S. The van der Waals surface area contributed by atoms with Gasteiger partial charge in [-0.25, -0.2) is 4.98 Å². The van der Waals surface area contributed by atoms with Crippen LogP contribution in [0.15, 0.2) is 52.5 Å². The van der Waals surface area contributed by atoms with Crippen molar-refractivity contribution in [3.63, 3.8) is 0 Å². The molecule has 1 amide bonds. The Labute approximate surface area is 132 Å². The predicted octanol–water partition coefficient (Wildman–Crippen LogP) is 4.15. The second kappa shape index (κ2) is 6.58. The van der Waals surface area contributed by atoms with Crippen molar-refractivity contribution in [1.29, 1.82) is 0 Å². The minimum absolute atomic E-state index is 0.0689. The number of nitrogens with zero attached hydrogens (tertiary/aromatic N) is 1. The second-order valence-corrected chi connectivity index (χ2v) is 5.75. The van der Waals surface area contributed by atoms with Gasteiger partial charge in [-0.05, 0) is 36.2 Å². The smallest absolute Gasteiger partial charge is 0.230 e. The number of anilines is 1. The third-order valence-electron chi connectivity index (χ3n) is 3.27. The van der Waals surface area contributed by atoms with E-state index in [0.717, 1.165) is 28.6 Å². The van der Waals surface area contributed by atoms with Gasteiger partial charge in [0.2, 0.25) is 5.91 Å². The minimum atomic E-state index is -0.0689. The molecule has 0 aliphatic rings. The average Bonchev–Trinajstić information content (AvgIpc) is 3.19. The summed E-state index contributed by atoms with van der Waals surface area (Å²) in [7, 11) is 0. The summed E-state index contributed by atoms with van der Waals surface area (Å²) >= 11 is 1.48. The standard InChI is InChI=1S/C17H16N2O2S/c1-2-12-5-7-13(8-6-12)18-16(20)10-14-11-22-17(19-14)15-4-3-9-21-15/h3-9,11H,2,10H2,1H3,(H,18,20). The number of furan rings is 1. The number of nitrogens with one attached hydrogen (secondary N) is 1. The number of hydrogen-bond acceptors (Lipinski definition) is 4. The third-order valence-corrected chi connectivity index (χ3v) is 4.18. The number of rotatable bonds is 5. The first-order chi connectivity index (χ1) is 10.7. The number of thiazole rings is 1. The third kappa shape index (κ3) is 3.43. The maximum absolute atomic E-state index is 12.1. The Morgan fingerprint density at radius 1 is 1.27 bits per heavy atom. The first kappa shape index (κ1) is 14.5. The van der Waals surface area contributed by atoms with Crippen LogP contribution in [0.2, 0.25) is 0 Å². The molecule has 0 spiro atoms. The van der Waals surface area contributed by atoms with Gasteiger partial charge in [-0.3, -0.25) is 4.79 Å². The highest BCUT2D eigenvalue weighted by Crippen LogP contribution is 2.24. The van der Waals surface area contributed by atoms with Crippen LogP contribution in [0.4, 0.5) is 5.69 Å². The number of hydrogen-bond donors (Lipinski definition) is 1. The van der Waals surface area contributed by atoms with Gasteiger partial charge >= 0.3 is 0 Å². The molecule has 0 aliphatic heterocycles. The number of carbonyl (C=O) groups excluding carboxylic acids is 1. The lowest BCUT2D eigenvalue weighted by Crippen LogP contribution is -2.14. The Balaban J connectivity index is 1.61. The number of amides is 1. The fourth-order valence-corrected chi connectivity index (χ4v) is 2.88. The zero-order chi connectivity index (χ0) is 15.4. The quantitative estimate of drug-likeness (QED) is 0.770. The fourth-order valence-electron chi connectivity index (χ4n) is 2.10. The molecule has 1 N–H and O–H groups in total. The maximum atomic E-state index is 12.1. The Hall–Kier alpha value is -2.40. The number of carbonyl (C=O) groups is 1. The van der Waals surface area contributed by atoms with Gasteiger partial charge in [-0.15, -0.1) is 11.3 Å². The normalized spacial score (nSPS) is 10.6. The summed E-state index contributed by atoms with van der Waals surface area (Å²) < 4.78 is 5.30. The van der Waals surface area contributed by atoms with E-state index in [1.165, 1.54) is 16.9 Å². The van der Waals surface area contributed by atoms with E-state index in [1.807, 2.05) is 41.8 Å². The summed E-state index contributed by atoms with van der Waals surface area (Å²) in [4.78, 5) is 16.5. The molecule has 2 heterocycles. The Kier molecular flexibility index (Phi) is 4.34. The van der Waals surface area contributed by atoms with Crippen molar-refractivity contribution in [2.75, 3.05) is 5.32 Å². The summed E-state index contributed by atoms with van der Waals surface area (Å²) in [5.41, 5.74) is 2.81. The van der Waals surface area contributed by atoms with Gasteiger partial charge < -0.3 is 9.73 Å². The van der Waals surface area contributed by atoms with Crippen LogP contribution in [0, 0.1) is 0 Å². The Bertz CT molecular complexity index is 745. The Morgan fingerprint density at radius 3 is 2.77 bits per heavy atom. The van der Waals surface area contributed by atoms with E-state index in [2.05, 4.69) is 17.2 Å². The van der Waals surface area contributed by atoms with Crippen molar-refractivity contribution < 1.29 is 9.21 Å².